The highest BCUT2D eigenvalue weighted by Crippen LogP contribution is 2.33. The molecule has 0 spiro atoms. The van der Waals surface area contributed by atoms with Gasteiger partial charge >= 0.3 is 0 Å². The summed E-state index contributed by atoms with van der Waals surface area (Å²) < 4.78 is 59.5. The minimum absolute atomic E-state index is 0.0510. The fourth-order valence-electron chi connectivity index (χ4n) is 4.20. The molecule has 1 heterocycles. The van der Waals surface area contributed by atoms with Gasteiger partial charge in [0.15, 0.2) is 0 Å². The first-order chi connectivity index (χ1) is 15.6. The molecule has 178 valence electrons. The van der Waals surface area contributed by atoms with Gasteiger partial charge in [-0.2, -0.15) is 0 Å². The lowest BCUT2D eigenvalue weighted by Gasteiger charge is -2.32. The molecule has 1 amide bonds. The van der Waals surface area contributed by atoms with E-state index in [-0.39, 0.29) is 29.3 Å². The van der Waals surface area contributed by atoms with Crippen molar-refractivity contribution < 1.29 is 27.6 Å². The van der Waals surface area contributed by atoms with Crippen molar-refractivity contribution >= 4 is 17.3 Å². The zero-order valence-electron chi connectivity index (χ0n) is 18.4. The van der Waals surface area contributed by atoms with Crippen LogP contribution in [0.3, 0.4) is 0 Å². The van der Waals surface area contributed by atoms with Crippen molar-refractivity contribution in [3.05, 3.63) is 59.7 Å². The highest BCUT2D eigenvalue weighted by Gasteiger charge is 2.50. The van der Waals surface area contributed by atoms with E-state index in [9.17, 15) is 18.8 Å². The number of alkyl halides is 1. The molecule has 1 unspecified atom stereocenters. The third kappa shape index (κ3) is 5.21. The van der Waals surface area contributed by atoms with Crippen LogP contribution in [0.1, 0.15) is 32.3 Å². The summed E-state index contributed by atoms with van der Waals surface area (Å²) in [6.07, 6.45) is -0.0233. The number of carbonyl (C=O) groups is 1. The molecule has 2 aliphatic rings. The Morgan fingerprint density at radius 3 is 2.58 bits per heavy atom. The summed E-state index contributed by atoms with van der Waals surface area (Å²) in [5.41, 5.74) is -0.982. The van der Waals surface area contributed by atoms with E-state index in [1.165, 1.54) is 49.1 Å². The monoisotopic (exact) mass is 480 g/mol. The SMILES string of the molecule is CC(C)(O)C(=O)N1C[C@H](F)[C@H](N[S+]([O-])C2CC2)[C@@H]1Cc1cccc(-c2cccc(F)c2)c1F. The molecule has 9 heteroatoms. The Morgan fingerprint density at radius 1 is 1.24 bits per heavy atom. The maximum absolute atomic E-state index is 15.5. The maximum atomic E-state index is 15.5. The van der Waals surface area contributed by atoms with Crippen LogP contribution in [0.5, 0.6) is 0 Å². The topological polar surface area (TPSA) is 75.6 Å². The van der Waals surface area contributed by atoms with E-state index >= 15 is 8.78 Å². The largest absolute Gasteiger partial charge is 0.598 e. The van der Waals surface area contributed by atoms with E-state index in [4.69, 9.17) is 0 Å². The van der Waals surface area contributed by atoms with Gasteiger partial charge in [0.25, 0.3) is 5.91 Å². The number of likely N-dealkylation sites (tertiary alicyclic amines) is 1. The van der Waals surface area contributed by atoms with E-state index in [0.717, 1.165) is 12.8 Å². The van der Waals surface area contributed by atoms with Crippen LogP contribution in [0, 0.1) is 11.6 Å². The zero-order valence-corrected chi connectivity index (χ0v) is 19.2. The van der Waals surface area contributed by atoms with Crippen molar-refractivity contribution in [2.24, 2.45) is 0 Å². The second kappa shape index (κ2) is 9.29. The molecule has 2 fully saturated rings. The Hall–Kier alpha value is -2.07. The second-order valence-electron chi connectivity index (χ2n) is 9.23. The first-order valence-electron chi connectivity index (χ1n) is 10.9. The smallest absolute Gasteiger partial charge is 0.254 e. The Bertz CT molecular complexity index is 1030. The molecular formula is C24H27F3N2O3S. The van der Waals surface area contributed by atoms with Crippen LogP contribution in [0.25, 0.3) is 11.1 Å². The number of halogens is 3. The average molecular weight is 481 g/mol. The summed E-state index contributed by atoms with van der Waals surface area (Å²) in [5, 5.41) is 10.2. The third-order valence-electron chi connectivity index (χ3n) is 6.08. The Labute approximate surface area is 194 Å². The first-order valence-corrected chi connectivity index (χ1v) is 12.1. The van der Waals surface area contributed by atoms with Crippen LogP contribution in [-0.2, 0) is 22.6 Å². The van der Waals surface area contributed by atoms with Crippen LogP contribution in [0.15, 0.2) is 42.5 Å². The Balaban J connectivity index is 1.67. The summed E-state index contributed by atoms with van der Waals surface area (Å²) in [7, 11) is 0. The summed E-state index contributed by atoms with van der Waals surface area (Å²) in [5.74, 6) is -1.77. The third-order valence-corrected chi connectivity index (χ3v) is 7.66. The van der Waals surface area contributed by atoms with Gasteiger partial charge in [-0.1, -0.05) is 30.3 Å². The number of hydrogen-bond acceptors (Lipinski definition) is 4. The minimum atomic E-state index is -1.75. The van der Waals surface area contributed by atoms with Crippen LogP contribution in [0.2, 0.25) is 0 Å². The fourth-order valence-corrected chi connectivity index (χ4v) is 5.53. The van der Waals surface area contributed by atoms with Crippen molar-refractivity contribution in [2.45, 2.75) is 62.2 Å². The second-order valence-corrected chi connectivity index (χ2v) is 10.7. The van der Waals surface area contributed by atoms with Gasteiger partial charge in [0.05, 0.1) is 12.6 Å². The molecule has 1 aliphatic heterocycles. The highest BCUT2D eigenvalue weighted by atomic mass is 32.2. The lowest BCUT2D eigenvalue weighted by Crippen LogP contribution is -2.53. The van der Waals surface area contributed by atoms with Gasteiger partial charge in [0, 0.05) is 29.8 Å². The van der Waals surface area contributed by atoms with Crippen molar-refractivity contribution in [1.82, 2.24) is 9.62 Å². The number of carbonyl (C=O) groups excluding carboxylic acids is 1. The number of nitrogens with one attached hydrogen (secondary N) is 1. The molecule has 1 saturated carbocycles. The van der Waals surface area contributed by atoms with Crippen molar-refractivity contribution in [3.63, 3.8) is 0 Å². The van der Waals surface area contributed by atoms with Crippen molar-refractivity contribution in [1.29, 1.82) is 0 Å². The highest BCUT2D eigenvalue weighted by molar-refractivity contribution is 7.90. The normalized spacial score (nSPS) is 24.2. The fraction of sp³-hybridized carbons (Fsp3) is 0.458. The molecule has 2 aromatic rings. The van der Waals surface area contributed by atoms with E-state index in [2.05, 4.69) is 4.72 Å². The van der Waals surface area contributed by atoms with Crippen LogP contribution >= 0.6 is 0 Å². The summed E-state index contributed by atoms with van der Waals surface area (Å²) >= 11 is -1.47. The van der Waals surface area contributed by atoms with E-state index < -0.39 is 52.8 Å². The maximum Gasteiger partial charge on any atom is 0.254 e. The summed E-state index contributed by atoms with van der Waals surface area (Å²) in [6, 6.07) is 8.40. The number of aliphatic hydroxyl groups is 1. The molecule has 1 saturated heterocycles. The molecule has 2 aromatic carbocycles. The lowest BCUT2D eigenvalue weighted by molar-refractivity contribution is -0.149. The van der Waals surface area contributed by atoms with Crippen molar-refractivity contribution in [3.8, 4) is 11.1 Å². The number of nitrogens with zero attached hydrogens (tertiary/aromatic N) is 1. The molecule has 1 aliphatic carbocycles. The van der Waals surface area contributed by atoms with Gasteiger partial charge in [-0.05, 0) is 43.5 Å². The van der Waals surface area contributed by atoms with Gasteiger partial charge in [0.1, 0.15) is 34.7 Å². The molecule has 33 heavy (non-hydrogen) atoms. The van der Waals surface area contributed by atoms with E-state index in [1.54, 1.807) is 12.1 Å². The van der Waals surface area contributed by atoms with Gasteiger partial charge in [-0.3, -0.25) is 4.79 Å². The Kier molecular flexibility index (Phi) is 6.77. The quantitative estimate of drug-likeness (QED) is 0.597. The summed E-state index contributed by atoms with van der Waals surface area (Å²) in [6.45, 7) is 2.33. The van der Waals surface area contributed by atoms with E-state index in [1.807, 2.05) is 0 Å². The molecule has 0 bridgehead atoms. The van der Waals surface area contributed by atoms with Gasteiger partial charge in [-0.25, -0.2) is 13.2 Å². The predicted octanol–water partition coefficient (Wildman–Crippen LogP) is 3.28. The molecule has 0 radical (unpaired) electrons. The zero-order chi connectivity index (χ0) is 23.9. The van der Waals surface area contributed by atoms with Gasteiger partial charge in [-0.15, -0.1) is 4.72 Å². The molecule has 5 nitrogen and oxygen atoms in total. The first kappa shape index (κ1) is 24.1. The number of benzene rings is 2. The number of rotatable bonds is 7. The molecular weight excluding hydrogens is 453 g/mol. The molecule has 2 N–H and O–H groups in total. The van der Waals surface area contributed by atoms with Gasteiger partial charge < -0.3 is 14.6 Å². The van der Waals surface area contributed by atoms with Crippen LogP contribution in [-0.4, -0.2) is 56.1 Å². The molecule has 4 atom stereocenters. The molecule has 0 aromatic heterocycles. The number of hydrogen-bond donors (Lipinski definition) is 2. The predicted molar refractivity (Wildman–Crippen MR) is 120 cm³/mol. The van der Waals surface area contributed by atoms with Crippen molar-refractivity contribution in [2.75, 3.05) is 6.54 Å². The van der Waals surface area contributed by atoms with Gasteiger partial charge in [0.2, 0.25) is 0 Å². The van der Waals surface area contributed by atoms with E-state index in [0.29, 0.717) is 5.56 Å². The number of amides is 1. The summed E-state index contributed by atoms with van der Waals surface area (Å²) in [4.78, 5) is 14.1. The average Bonchev–Trinajstić information content (AvgIpc) is 3.56. The van der Waals surface area contributed by atoms with Crippen LogP contribution < -0.4 is 4.72 Å². The van der Waals surface area contributed by atoms with Crippen LogP contribution in [0.4, 0.5) is 13.2 Å². The Morgan fingerprint density at radius 2 is 1.94 bits per heavy atom. The molecule has 4 rings (SSSR count). The lowest BCUT2D eigenvalue weighted by atomic mass is 9.95. The minimum Gasteiger partial charge on any atom is -0.598 e. The standard InChI is InChI=1S/C24H27F3N2O3S/c1-24(2,31)23(30)29-13-19(26)22(28-33(32)17-9-10-17)20(29)12-15-6-4-8-18(21(15)27)14-5-3-7-16(25)11-14/h3-8,11,17,19-20,22,28,31H,9-10,12-13H2,1-2H3/t19-,20-,22-,33?/m0/s1.